The van der Waals surface area contributed by atoms with Gasteiger partial charge >= 0.3 is 0 Å². The van der Waals surface area contributed by atoms with Gasteiger partial charge in [0.1, 0.15) is 11.5 Å². The first-order valence-electron chi connectivity index (χ1n) is 7.46. The van der Waals surface area contributed by atoms with Gasteiger partial charge in [0.15, 0.2) is 0 Å². The molecule has 122 valence electrons. The van der Waals surface area contributed by atoms with E-state index in [0.29, 0.717) is 23.4 Å². The molecular weight excluding hydrogens is 292 g/mol. The molecular formula is C18H22N2O3. The molecule has 1 aromatic carbocycles. The second kappa shape index (κ2) is 6.69. The highest BCUT2D eigenvalue weighted by Gasteiger charge is 2.18. The van der Waals surface area contributed by atoms with Crippen LogP contribution in [0.4, 0.5) is 0 Å². The van der Waals surface area contributed by atoms with Crippen molar-refractivity contribution < 1.29 is 14.0 Å². The first-order chi connectivity index (χ1) is 10.8. The van der Waals surface area contributed by atoms with Gasteiger partial charge in [-0.3, -0.25) is 9.59 Å². The predicted molar refractivity (Wildman–Crippen MR) is 88.5 cm³/mol. The smallest absolute Gasteiger partial charge is 0.255 e. The van der Waals surface area contributed by atoms with Gasteiger partial charge < -0.3 is 14.6 Å². The molecule has 0 bridgehead atoms. The number of aryl methyl sites for hydroxylation is 2. The first kappa shape index (κ1) is 16.8. The highest BCUT2D eigenvalue weighted by Crippen LogP contribution is 2.20. The lowest BCUT2D eigenvalue weighted by Gasteiger charge is -2.11. The lowest BCUT2D eigenvalue weighted by atomic mass is 10.1. The fourth-order valence-corrected chi connectivity index (χ4v) is 2.42. The van der Waals surface area contributed by atoms with Gasteiger partial charge in [-0.1, -0.05) is 12.1 Å². The van der Waals surface area contributed by atoms with Crippen LogP contribution in [0.2, 0.25) is 0 Å². The van der Waals surface area contributed by atoms with E-state index in [1.165, 1.54) is 4.90 Å². The van der Waals surface area contributed by atoms with Gasteiger partial charge in [0.25, 0.3) is 11.8 Å². The molecule has 1 aromatic heterocycles. The van der Waals surface area contributed by atoms with Crippen molar-refractivity contribution in [2.45, 2.75) is 27.3 Å². The zero-order chi connectivity index (χ0) is 17.1. The van der Waals surface area contributed by atoms with Crippen LogP contribution in [0.3, 0.4) is 0 Å². The van der Waals surface area contributed by atoms with E-state index in [9.17, 15) is 9.59 Å². The van der Waals surface area contributed by atoms with Crippen LogP contribution >= 0.6 is 0 Å². The van der Waals surface area contributed by atoms with Crippen LogP contribution in [0.25, 0.3) is 0 Å². The molecule has 1 N–H and O–H groups in total. The van der Waals surface area contributed by atoms with Gasteiger partial charge in [0.05, 0.1) is 5.56 Å². The van der Waals surface area contributed by atoms with Crippen molar-refractivity contribution in [1.29, 1.82) is 0 Å². The van der Waals surface area contributed by atoms with Crippen LogP contribution < -0.4 is 5.32 Å². The third-order valence-corrected chi connectivity index (χ3v) is 3.85. The molecule has 0 atom stereocenters. The van der Waals surface area contributed by atoms with E-state index >= 15 is 0 Å². The van der Waals surface area contributed by atoms with E-state index in [4.69, 9.17) is 4.42 Å². The number of furan rings is 1. The summed E-state index contributed by atoms with van der Waals surface area (Å²) in [6, 6.07) is 7.22. The van der Waals surface area contributed by atoms with Gasteiger partial charge in [-0.05, 0) is 38.5 Å². The Morgan fingerprint density at radius 2 is 1.65 bits per heavy atom. The summed E-state index contributed by atoms with van der Waals surface area (Å²) in [7, 11) is 3.43. The Morgan fingerprint density at radius 1 is 1.04 bits per heavy atom. The Labute approximate surface area is 136 Å². The minimum Gasteiger partial charge on any atom is -0.466 e. The Balaban J connectivity index is 2.03. The van der Waals surface area contributed by atoms with Gasteiger partial charge in [0.2, 0.25) is 0 Å². The summed E-state index contributed by atoms with van der Waals surface area (Å²) >= 11 is 0. The van der Waals surface area contributed by atoms with Crippen molar-refractivity contribution in [3.63, 3.8) is 0 Å². The van der Waals surface area contributed by atoms with Crippen molar-refractivity contribution in [2.75, 3.05) is 14.1 Å². The summed E-state index contributed by atoms with van der Waals surface area (Å²) in [6.45, 7) is 5.91. The quantitative estimate of drug-likeness (QED) is 0.944. The zero-order valence-electron chi connectivity index (χ0n) is 14.2. The SMILES string of the molecule is Cc1oc(C)c(C(=O)NCc2ccc(C(=O)N(C)C)cc2)c1C. The summed E-state index contributed by atoms with van der Waals surface area (Å²) in [6.07, 6.45) is 0. The number of nitrogens with one attached hydrogen (secondary N) is 1. The maximum atomic E-state index is 12.3. The number of carbonyl (C=O) groups is 2. The summed E-state index contributed by atoms with van der Waals surface area (Å²) < 4.78 is 5.48. The zero-order valence-corrected chi connectivity index (χ0v) is 14.2. The van der Waals surface area contributed by atoms with Crippen LogP contribution in [0.5, 0.6) is 0 Å². The fourth-order valence-electron chi connectivity index (χ4n) is 2.42. The first-order valence-corrected chi connectivity index (χ1v) is 7.46. The molecule has 23 heavy (non-hydrogen) atoms. The standard InChI is InChI=1S/C18H22N2O3/c1-11-12(2)23-13(3)16(11)17(21)19-10-14-6-8-15(9-7-14)18(22)20(4)5/h6-9H,10H2,1-5H3,(H,19,21). The molecule has 2 aromatic rings. The van der Waals surface area contributed by atoms with Crippen molar-refractivity contribution in [3.8, 4) is 0 Å². The van der Waals surface area contributed by atoms with Gasteiger partial charge in [-0.15, -0.1) is 0 Å². The summed E-state index contributed by atoms with van der Waals surface area (Å²) in [5.74, 6) is 1.20. The highest BCUT2D eigenvalue weighted by molar-refractivity contribution is 5.97. The maximum Gasteiger partial charge on any atom is 0.255 e. The molecule has 5 heteroatoms. The summed E-state index contributed by atoms with van der Waals surface area (Å²) in [4.78, 5) is 25.7. The monoisotopic (exact) mass is 314 g/mol. The largest absolute Gasteiger partial charge is 0.466 e. The Morgan fingerprint density at radius 3 is 2.13 bits per heavy atom. The average molecular weight is 314 g/mol. The molecule has 0 fully saturated rings. The molecule has 0 saturated heterocycles. The second-order valence-corrected chi connectivity index (χ2v) is 5.79. The third-order valence-electron chi connectivity index (χ3n) is 3.85. The molecule has 0 aliphatic rings. The Hall–Kier alpha value is -2.56. The molecule has 1 heterocycles. The number of amides is 2. The normalized spacial score (nSPS) is 10.5. The highest BCUT2D eigenvalue weighted by atomic mass is 16.3. The van der Waals surface area contributed by atoms with E-state index in [2.05, 4.69) is 5.32 Å². The Kier molecular flexibility index (Phi) is 4.89. The topological polar surface area (TPSA) is 62.6 Å². The molecule has 0 unspecified atom stereocenters. The van der Waals surface area contributed by atoms with E-state index in [0.717, 1.165) is 16.9 Å². The van der Waals surface area contributed by atoms with Gasteiger partial charge in [-0.25, -0.2) is 0 Å². The number of benzene rings is 1. The molecule has 0 saturated carbocycles. The number of carbonyl (C=O) groups excluding carboxylic acids is 2. The minimum absolute atomic E-state index is 0.0410. The van der Waals surface area contributed by atoms with E-state index < -0.39 is 0 Å². The lowest BCUT2D eigenvalue weighted by Crippen LogP contribution is -2.24. The van der Waals surface area contributed by atoms with Crippen LogP contribution in [0.15, 0.2) is 28.7 Å². The molecule has 0 radical (unpaired) electrons. The van der Waals surface area contributed by atoms with Crippen molar-refractivity contribution in [3.05, 3.63) is 58.0 Å². The van der Waals surface area contributed by atoms with Gasteiger partial charge in [-0.2, -0.15) is 0 Å². The third kappa shape index (κ3) is 3.62. The number of hydrogen-bond donors (Lipinski definition) is 1. The van der Waals surface area contributed by atoms with E-state index in [1.54, 1.807) is 33.2 Å². The average Bonchev–Trinajstić information content (AvgIpc) is 2.77. The van der Waals surface area contributed by atoms with Crippen LogP contribution in [-0.4, -0.2) is 30.8 Å². The second-order valence-electron chi connectivity index (χ2n) is 5.79. The predicted octanol–water partition coefficient (Wildman–Crippen LogP) is 2.84. The minimum atomic E-state index is -0.148. The van der Waals surface area contributed by atoms with Crippen molar-refractivity contribution in [2.24, 2.45) is 0 Å². The Bertz CT molecular complexity index is 727. The van der Waals surface area contributed by atoms with Crippen LogP contribution in [-0.2, 0) is 6.54 Å². The molecule has 2 rings (SSSR count). The molecule has 2 amide bonds. The number of rotatable bonds is 4. The van der Waals surface area contributed by atoms with Crippen molar-refractivity contribution in [1.82, 2.24) is 10.2 Å². The van der Waals surface area contributed by atoms with Crippen LogP contribution in [0, 0.1) is 20.8 Å². The number of nitrogens with zero attached hydrogens (tertiary/aromatic N) is 1. The summed E-state index contributed by atoms with van der Waals surface area (Å²) in [5, 5.41) is 2.89. The molecule has 0 aliphatic carbocycles. The molecule has 5 nitrogen and oxygen atoms in total. The van der Waals surface area contributed by atoms with Crippen molar-refractivity contribution >= 4 is 11.8 Å². The fraction of sp³-hybridized carbons (Fsp3) is 0.333. The van der Waals surface area contributed by atoms with E-state index in [-0.39, 0.29) is 11.8 Å². The number of hydrogen-bond acceptors (Lipinski definition) is 3. The molecule has 0 aliphatic heterocycles. The van der Waals surface area contributed by atoms with Gasteiger partial charge in [0, 0.05) is 31.8 Å². The maximum absolute atomic E-state index is 12.3. The summed E-state index contributed by atoms with van der Waals surface area (Å²) in [5.41, 5.74) is 3.03. The lowest BCUT2D eigenvalue weighted by molar-refractivity contribution is 0.0827. The van der Waals surface area contributed by atoms with E-state index in [1.807, 2.05) is 26.0 Å². The van der Waals surface area contributed by atoms with Crippen LogP contribution in [0.1, 0.15) is 43.4 Å². The molecule has 0 spiro atoms.